The molecule has 1 rings (SSSR count). The van der Waals surface area contributed by atoms with Gasteiger partial charge >= 0.3 is 0 Å². The monoisotopic (exact) mass is 652 g/mol. The summed E-state index contributed by atoms with van der Waals surface area (Å²) in [5.41, 5.74) is 0. The minimum absolute atomic E-state index is 0.0662. The number of hydrogen-bond acceptors (Lipinski definition) is 1. The molecule has 6 atom stereocenters. The molecular formula is C12H18Br6O. The Morgan fingerprint density at radius 3 is 2.00 bits per heavy atom. The first-order valence-electron chi connectivity index (χ1n) is 6.39. The maximum atomic E-state index is 10.6. The third-order valence-electron chi connectivity index (χ3n) is 3.41. The molecule has 0 spiro atoms. The zero-order valence-corrected chi connectivity index (χ0v) is 19.9. The van der Waals surface area contributed by atoms with Gasteiger partial charge in [-0.3, -0.25) is 0 Å². The number of aliphatic hydroxyl groups is 1. The predicted octanol–water partition coefficient (Wildman–Crippen LogP) is 6.24. The van der Waals surface area contributed by atoms with Crippen LogP contribution in [0.15, 0.2) is 0 Å². The van der Waals surface area contributed by atoms with E-state index in [-0.39, 0.29) is 14.5 Å². The SMILES string of the molecule is OC1(Br)CCCCCCC(Br)C(Br)C(Br)C(Br)C1Br. The first kappa shape index (κ1) is 19.9. The number of alkyl halides is 6. The van der Waals surface area contributed by atoms with Crippen LogP contribution in [-0.4, -0.2) is 33.8 Å². The highest BCUT2D eigenvalue weighted by atomic mass is 79.9. The Labute approximate surface area is 166 Å². The highest BCUT2D eigenvalue weighted by Gasteiger charge is 2.41. The van der Waals surface area contributed by atoms with Crippen molar-refractivity contribution >= 4 is 95.6 Å². The van der Waals surface area contributed by atoms with Crippen molar-refractivity contribution in [1.29, 1.82) is 0 Å². The molecule has 0 aliphatic heterocycles. The van der Waals surface area contributed by atoms with Crippen molar-refractivity contribution in [2.75, 3.05) is 0 Å². The topological polar surface area (TPSA) is 20.2 Å². The quantitative estimate of drug-likeness (QED) is 0.306. The van der Waals surface area contributed by atoms with E-state index in [2.05, 4.69) is 95.6 Å². The number of halogens is 6. The molecule has 114 valence electrons. The molecule has 1 saturated carbocycles. The molecule has 1 aliphatic carbocycles. The van der Waals surface area contributed by atoms with E-state index < -0.39 is 4.51 Å². The van der Waals surface area contributed by atoms with Crippen molar-refractivity contribution in [3.05, 3.63) is 0 Å². The van der Waals surface area contributed by atoms with E-state index in [1.165, 1.54) is 25.7 Å². The van der Waals surface area contributed by atoms with Crippen molar-refractivity contribution < 1.29 is 5.11 Å². The van der Waals surface area contributed by atoms with Crippen LogP contribution in [0.25, 0.3) is 0 Å². The minimum Gasteiger partial charge on any atom is -0.378 e. The van der Waals surface area contributed by atoms with Gasteiger partial charge in [0.1, 0.15) is 4.51 Å². The van der Waals surface area contributed by atoms with Crippen molar-refractivity contribution in [3.63, 3.8) is 0 Å². The average Bonchev–Trinajstić information content (AvgIpc) is 2.37. The first-order valence-corrected chi connectivity index (χ1v) is 11.8. The summed E-state index contributed by atoms with van der Waals surface area (Å²) in [6.45, 7) is 0. The lowest BCUT2D eigenvalue weighted by Crippen LogP contribution is -2.45. The Hall–Kier alpha value is 2.84. The molecule has 0 amide bonds. The maximum Gasteiger partial charge on any atom is 0.133 e. The smallest absolute Gasteiger partial charge is 0.133 e. The Balaban J connectivity index is 2.83. The molecule has 0 aromatic rings. The van der Waals surface area contributed by atoms with E-state index in [4.69, 9.17) is 0 Å². The maximum absolute atomic E-state index is 10.6. The van der Waals surface area contributed by atoms with Gasteiger partial charge in [0.15, 0.2) is 0 Å². The van der Waals surface area contributed by atoms with Crippen LogP contribution in [0.5, 0.6) is 0 Å². The third-order valence-corrected chi connectivity index (χ3v) is 13.6. The van der Waals surface area contributed by atoms with Gasteiger partial charge < -0.3 is 5.11 Å². The van der Waals surface area contributed by atoms with E-state index in [1.54, 1.807) is 0 Å². The van der Waals surface area contributed by atoms with Crippen LogP contribution in [0.4, 0.5) is 0 Å². The van der Waals surface area contributed by atoms with Gasteiger partial charge in [-0.25, -0.2) is 0 Å². The molecule has 0 saturated heterocycles. The Morgan fingerprint density at radius 2 is 1.37 bits per heavy atom. The highest BCUT2D eigenvalue weighted by Crippen LogP contribution is 2.41. The van der Waals surface area contributed by atoms with Crippen molar-refractivity contribution in [2.24, 2.45) is 0 Å². The third kappa shape index (κ3) is 6.09. The number of hydrogen-bond donors (Lipinski definition) is 1. The first-order chi connectivity index (χ1) is 8.77. The zero-order valence-electron chi connectivity index (χ0n) is 10.3. The molecule has 19 heavy (non-hydrogen) atoms. The molecule has 0 aromatic heterocycles. The predicted molar refractivity (Wildman–Crippen MR) is 105 cm³/mol. The summed E-state index contributed by atoms with van der Waals surface area (Å²) in [5.74, 6) is 0. The van der Waals surface area contributed by atoms with Crippen molar-refractivity contribution in [2.45, 2.75) is 67.2 Å². The lowest BCUT2D eigenvalue weighted by Gasteiger charge is -2.35. The van der Waals surface area contributed by atoms with Gasteiger partial charge in [-0.15, -0.1) is 0 Å². The molecule has 0 aromatic carbocycles. The van der Waals surface area contributed by atoms with Crippen LogP contribution >= 0.6 is 95.6 Å². The van der Waals surface area contributed by atoms with Crippen molar-refractivity contribution in [1.82, 2.24) is 0 Å². The summed E-state index contributed by atoms with van der Waals surface area (Å²) in [5, 5.41) is 10.6. The second-order valence-corrected chi connectivity index (χ2v) is 11.7. The second-order valence-electron chi connectivity index (χ2n) is 5.02. The molecule has 1 aliphatic rings. The molecule has 0 bridgehead atoms. The van der Waals surface area contributed by atoms with E-state index in [9.17, 15) is 5.11 Å². The summed E-state index contributed by atoms with van der Waals surface area (Å²) in [6, 6.07) is 0. The van der Waals surface area contributed by atoms with Gasteiger partial charge in [0.2, 0.25) is 0 Å². The molecule has 0 radical (unpaired) electrons. The van der Waals surface area contributed by atoms with Gasteiger partial charge in [-0.05, 0) is 19.3 Å². The molecule has 0 heterocycles. The van der Waals surface area contributed by atoms with Gasteiger partial charge in [0, 0.05) is 19.3 Å². The summed E-state index contributed by atoms with van der Waals surface area (Å²) in [4.78, 5) is 0.994. The van der Waals surface area contributed by atoms with Crippen LogP contribution in [0, 0.1) is 0 Å². The summed E-state index contributed by atoms with van der Waals surface area (Å²) in [7, 11) is 0. The lowest BCUT2D eigenvalue weighted by atomic mass is 9.99. The molecule has 7 heteroatoms. The van der Waals surface area contributed by atoms with Crippen LogP contribution in [0.2, 0.25) is 0 Å². The Bertz CT molecular complexity index is 275. The van der Waals surface area contributed by atoms with Gasteiger partial charge in [0.05, 0.1) is 4.83 Å². The summed E-state index contributed by atoms with van der Waals surface area (Å²) in [6.07, 6.45) is 6.59. The van der Waals surface area contributed by atoms with Crippen molar-refractivity contribution in [3.8, 4) is 0 Å². The summed E-state index contributed by atoms with van der Waals surface area (Å²) >= 11 is 22.1. The van der Waals surface area contributed by atoms with Gasteiger partial charge in [0.25, 0.3) is 0 Å². The zero-order chi connectivity index (χ0) is 14.6. The summed E-state index contributed by atoms with van der Waals surface area (Å²) < 4.78 is -0.874. The van der Waals surface area contributed by atoms with Crippen LogP contribution in [-0.2, 0) is 0 Å². The van der Waals surface area contributed by atoms with E-state index in [0.29, 0.717) is 9.65 Å². The fourth-order valence-electron chi connectivity index (χ4n) is 2.14. The molecule has 1 nitrogen and oxygen atoms in total. The molecule has 6 unspecified atom stereocenters. The molecule has 1 fully saturated rings. The molecular weight excluding hydrogens is 640 g/mol. The normalized spacial score (nSPS) is 47.2. The molecule has 1 N–H and O–H groups in total. The fraction of sp³-hybridized carbons (Fsp3) is 1.00. The minimum atomic E-state index is -0.874. The lowest BCUT2D eigenvalue weighted by molar-refractivity contribution is 0.129. The average molecular weight is 658 g/mol. The van der Waals surface area contributed by atoms with Gasteiger partial charge in [-0.2, -0.15) is 0 Å². The Morgan fingerprint density at radius 1 is 0.789 bits per heavy atom. The van der Waals surface area contributed by atoms with Crippen LogP contribution in [0.3, 0.4) is 0 Å². The fourth-order valence-corrected chi connectivity index (χ4v) is 7.54. The van der Waals surface area contributed by atoms with E-state index >= 15 is 0 Å². The number of rotatable bonds is 0. The Kier molecular flexibility index (Phi) is 9.64. The highest BCUT2D eigenvalue weighted by molar-refractivity contribution is 9.15. The standard InChI is InChI=1S/C12H18Br6O/c13-7-5-3-1-2-4-6-12(18,19)11(17)10(16)9(15)8(7)14/h7-11,19H,1-6H2. The van der Waals surface area contributed by atoms with Crippen LogP contribution in [0.1, 0.15) is 38.5 Å². The van der Waals surface area contributed by atoms with E-state index in [1.807, 2.05) is 0 Å². The largest absolute Gasteiger partial charge is 0.378 e. The van der Waals surface area contributed by atoms with E-state index in [0.717, 1.165) is 12.8 Å². The second kappa shape index (κ2) is 9.21. The van der Waals surface area contributed by atoms with Crippen LogP contribution < -0.4 is 0 Å². The van der Waals surface area contributed by atoms with Gasteiger partial charge in [-0.1, -0.05) is 115 Å².